The molecule has 0 unspecified atom stereocenters. The number of hydrogen-bond donors (Lipinski definition) is 0. The Labute approximate surface area is 166 Å². The molecule has 26 heavy (non-hydrogen) atoms. The molecule has 1 saturated heterocycles. The number of piperidine rings is 1. The van der Waals surface area contributed by atoms with Crippen LogP contribution < -0.4 is 4.74 Å². The topological polar surface area (TPSA) is 51.7 Å². The maximum absolute atomic E-state index is 11.9. The fraction of sp³-hybridized carbons (Fsp3) is 0.444. The van der Waals surface area contributed by atoms with Crippen molar-refractivity contribution in [1.82, 2.24) is 10.0 Å². The number of nitrogens with zero attached hydrogens (tertiary/aromatic N) is 2. The van der Waals surface area contributed by atoms with Crippen LogP contribution in [0.3, 0.4) is 0 Å². The van der Waals surface area contributed by atoms with Crippen LogP contribution in [0.1, 0.15) is 24.1 Å². The Morgan fingerprint density at radius 1 is 1.23 bits per heavy atom. The lowest BCUT2D eigenvalue weighted by molar-refractivity contribution is -0.195. The van der Waals surface area contributed by atoms with Gasteiger partial charge < -0.3 is 9.57 Å². The van der Waals surface area contributed by atoms with Crippen LogP contribution in [0.2, 0.25) is 10.0 Å². The molecule has 3 rings (SSSR count). The number of hydrogen-bond acceptors (Lipinski definition) is 6. The molecule has 0 aliphatic carbocycles. The molecule has 1 aromatic carbocycles. The molecule has 0 radical (unpaired) electrons. The third-order valence-electron chi connectivity index (χ3n) is 4.24. The summed E-state index contributed by atoms with van der Waals surface area (Å²) >= 11 is 13.4. The number of hydroxylamine groups is 2. The number of benzene rings is 1. The highest BCUT2D eigenvalue weighted by atomic mass is 35.5. The second-order valence-electron chi connectivity index (χ2n) is 6.22. The largest absolute Gasteiger partial charge is 0.493 e. The Kier molecular flexibility index (Phi) is 7.14. The van der Waals surface area contributed by atoms with Gasteiger partial charge in [-0.1, -0.05) is 23.2 Å². The Balaban J connectivity index is 1.34. The maximum atomic E-state index is 11.9. The van der Waals surface area contributed by atoms with Crippen molar-refractivity contribution in [3.8, 4) is 5.75 Å². The summed E-state index contributed by atoms with van der Waals surface area (Å²) in [5, 5.41) is 2.90. The van der Waals surface area contributed by atoms with Crippen LogP contribution in [0.5, 0.6) is 5.75 Å². The van der Waals surface area contributed by atoms with Gasteiger partial charge in [0, 0.05) is 34.2 Å². The van der Waals surface area contributed by atoms with Crippen LogP contribution in [0.25, 0.3) is 0 Å². The van der Waals surface area contributed by atoms with Crippen molar-refractivity contribution < 1.29 is 14.4 Å². The number of halogens is 2. The molecule has 2 aromatic rings. The molecule has 0 N–H and O–H groups in total. The third-order valence-corrected chi connectivity index (χ3v) is 5.45. The zero-order valence-corrected chi connectivity index (χ0v) is 16.5. The van der Waals surface area contributed by atoms with E-state index in [0.29, 0.717) is 28.3 Å². The van der Waals surface area contributed by atoms with Gasteiger partial charge >= 0.3 is 5.97 Å². The molecule has 1 fully saturated rings. The Morgan fingerprint density at radius 3 is 2.62 bits per heavy atom. The second kappa shape index (κ2) is 9.55. The fourth-order valence-electron chi connectivity index (χ4n) is 2.89. The maximum Gasteiger partial charge on any atom is 0.330 e. The first-order chi connectivity index (χ1) is 12.6. The van der Waals surface area contributed by atoms with E-state index < -0.39 is 0 Å². The van der Waals surface area contributed by atoms with Gasteiger partial charge in [-0.05, 0) is 43.4 Å². The lowest BCUT2D eigenvalue weighted by Crippen LogP contribution is -2.36. The van der Waals surface area contributed by atoms with Gasteiger partial charge in [0.1, 0.15) is 5.75 Å². The van der Waals surface area contributed by atoms with Crippen molar-refractivity contribution in [2.75, 3.05) is 19.7 Å². The van der Waals surface area contributed by atoms with Crippen LogP contribution in [-0.4, -0.2) is 35.7 Å². The van der Waals surface area contributed by atoms with Crippen molar-refractivity contribution in [1.29, 1.82) is 0 Å². The minimum Gasteiger partial charge on any atom is -0.493 e. The first kappa shape index (κ1) is 19.4. The first-order valence-electron chi connectivity index (χ1n) is 8.50. The summed E-state index contributed by atoms with van der Waals surface area (Å²) in [4.78, 5) is 22.2. The summed E-state index contributed by atoms with van der Waals surface area (Å²) in [6.45, 7) is 2.12. The summed E-state index contributed by atoms with van der Waals surface area (Å²) in [6, 6.07) is 5.21. The van der Waals surface area contributed by atoms with Crippen LogP contribution in [0.15, 0.2) is 29.9 Å². The summed E-state index contributed by atoms with van der Waals surface area (Å²) in [5.41, 5.74) is 1.72. The number of carbonyl (C=O) groups excluding carboxylic acids is 1. The number of aromatic nitrogens is 1. The Bertz CT molecular complexity index is 699. The van der Waals surface area contributed by atoms with Crippen molar-refractivity contribution >= 4 is 40.5 Å². The van der Waals surface area contributed by atoms with E-state index in [9.17, 15) is 4.79 Å². The van der Waals surface area contributed by atoms with Gasteiger partial charge in [-0.25, -0.2) is 4.79 Å². The van der Waals surface area contributed by atoms with Crippen LogP contribution >= 0.6 is 34.5 Å². The van der Waals surface area contributed by atoms with E-state index in [-0.39, 0.29) is 12.4 Å². The van der Waals surface area contributed by atoms with E-state index in [1.165, 1.54) is 11.3 Å². The molecular formula is C18H20Cl2N2O3S. The minimum absolute atomic E-state index is 0.228. The molecule has 1 aliphatic heterocycles. The van der Waals surface area contributed by atoms with Crippen LogP contribution in [0, 0.1) is 5.92 Å². The zero-order valence-electron chi connectivity index (χ0n) is 14.2. The number of rotatable bonds is 7. The highest BCUT2D eigenvalue weighted by Gasteiger charge is 2.22. The Hall–Kier alpha value is -1.34. The average molecular weight is 415 g/mol. The van der Waals surface area contributed by atoms with Crippen molar-refractivity contribution in [2.24, 2.45) is 5.92 Å². The van der Waals surface area contributed by atoms with Crippen molar-refractivity contribution in [3.05, 3.63) is 44.8 Å². The summed E-state index contributed by atoms with van der Waals surface area (Å²) in [5.74, 6) is 1.02. The second-order valence-corrected chi connectivity index (χ2v) is 8.07. The molecule has 0 atom stereocenters. The van der Waals surface area contributed by atoms with E-state index in [1.54, 1.807) is 35.0 Å². The number of ether oxygens (including phenoxy) is 1. The number of thiazole rings is 1. The smallest absolute Gasteiger partial charge is 0.330 e. The fourth-order valence-corrected chi connectivity index (χ4v) is 3.98. The molecule has 140 valence electrons. The van der Waals surface area contributed by atoms with Gasteiger partial charge in [0.05, 0.1) is 18.5 Å². The number of carbonyl (C=O) groups is 1. The van der Waals surface area contributed by atoms with Gasteiger partial charge in [0.15, 0.2) is 0 Å². The molecule has 1 aromatic heterocycles. The highest BCUT2D eigenvalue weighted by Crippen LogP contribution is 2.26. The molecule has 0 bridgehead atoms. The van der Waals surface area contributed by atoms with Crippen molar-refractivity contribution in [2.45, 2.75) is 25.7 Å². The van der Waals surface area contributed by atoms with Gasteiger partial charge in [-0.3, -0.25) is 4.98 Å². The lowest BCUT2D eigenvalue weighted by Gasteiger charge is -2.30. The van der Waals surface area contributed by atoms with Gasteiger partial charge in [-0.2, -0.15) is 0 Å². The molecule has 1 aliphatic rings. The van der Waals surface area contributed by atoms with Gasteiger partial charge in [0.25, 0.3) is 0 Å². The third kappa shape index (κ3) is 6.13. The Morgan fingerprint density at radius 2 is 1.96 bits per heavy atom. The monoisotopic (exact) mass is 414 g/mol. The molecule has 0 spiro atoms. The van der Waals surface area contributed by atoms with E-state index in [2.05, 4.69) is 4.98 Å². The zero-order chi connectivity index (χ0) is 18.4. The predicted octanol–water partition coefficient (Wildman–Crippen LogP) is 4.63. The SMILES string of the molecule is O=C(Cc1cncs1)ON1CCC(CCOc2cc(Cl)cc(Cl)c2)CC1. The van der Waals surface area contributed by atoms with Crippen LogP contribution in [0.4, 0.5) is 0 Å². The van der Waals surface area contributed by atoms with E-state index >= 15 is 0 Å². The van der Waals surface area contributed by atoms with E-state index in [1.807, 2.05) is 0 Å². The van der Waals surface area contributed by atoms with Crippen molar-refractivity contribution in [3.63, 3.8) is 0 Å². The lowest BCUT2D eigenvalue weighted by atomic mass is 9.95. The molecule has 2 heterocycles. The highest BCUT2D eigenvalue weighted by molar-refractivity contribution is 7.09. The first-order valence-corrected chi connectivity index (χ1v) is 10.1. The minimum atomic E-state index is -0.228. The molecular weight excluding hydrogens is 395 g/mol. The van der Waals surface area contributed by atoms with Gasteiger partial charge in [-0.15, -0.1) is 16.4 Å². The molecule has 8 heteroatoms. The normalized spacial score (nSPS) is 15.8. The standard InChI is InChI=1S/C18H20Cl2N2O3S/c19-14-7-15(20)9-16(8-14)24-6-3-13-1-4-22(5-2-13)25-18(23)10-17-11-21-12-26-17/h7-9,11-13H,1-6,10H2. The summed E-state index contributed by atoms with van der Waals surface area (Å²) < 4.78 is 5.75. The van der Waals surface area contributed by atoms with E-state index in [0.717, 1.165) is 37.2 Å². The predicted molar refractivity (Wildman–Crippen MR) is 103 cm³/mol. The average Bonchev–Trinajstić information content (AvgIpc) is 3.08. The molecule has 5 nitrogen and oxygen atoms in total. The summed E-state index contributed by atoms with van der Waals surface area (Å²) in [6.07, 6.45) is 4.89. The van der Waals surface area contributed by atoms with Crippen LogP contribution in [-0.2, 0) is 16.1 Å². The summed E-state index contributed by atoms with van der Waals surface area (Å²) in [7, 11) is 0. The van der Waals surface area contributed by atoms with Gasteiger partial charge in [0.2, 0.25) is 0 Å². The molecule has 0 saturated carbocycles. The molecule has 0 amide bonds. The van der Waals surface area contributed by atoms with E-state index in [4.69, 9.17) is 32.8 Å². The quantitative estimate of drug-likeness (QED) is 0.660.